The number of nitriles is 1. The van der Waals surface area contributed by atoms with Gasteiger partial charge in [-0.3, -0.25) is 14.5 Å². The summed E-state index contributed by atoms with van der Waals surface area (Å²) in [7, 11) is 0. The molecule has 1 N–H and O–H groups in total. The Kier molecular flexibility index (Phi) is 7.21. The van der Waals surface area contributed by atoms with E-state index < -0.39 is 0 Å². The highest BCUT2D eigenvalue weighted by molar-refractivity contribution is 5.93. The van der Waals surface area contributed by atoms with E-state index >= 15 is 0 Å². The van der Waals surface area contributed by atoms with Gasteiger partial charge in [0.05, 0.1) is 18.2 Å². The summed E-state index contributed by atoms with van der Waals surface area (Å²) in [6, 6.07) is 15.4. The second kappa shape index (κ2) is 10.0. The minimum Gasteiger partial charge on any atom is -0.340 e. The predicted molar refractivity (Wildman–Crippen MR) is 117 cm³/mol. The molecule has 6 heteroatoms. The van der Waals surface area contributed by atoms with Gasteiger partial charge in [-0.1, -0.05) is 24.3 Å². The number of hydrogen-bond acceptors (Lipinski definition) is 4. The molecule has 0 radical (unpaired) electrons. The van der Waals surface area contributed by atoms with Crippen molar-refractivity contribution in [3.63, 3.8) is 0 Å². The summed E-state index contributed by atoms with van der Waals surface area (Å²) in [5.74, 6) is 0.114. The first kappa shape index (κ1) is 21.5. The van der Waals surface area contributed by atoms with Crippen LogP contribution in [-0.4, -0.2) is 54.3 Å². The van der Waals surface area contributed by atoms with Gasteiger partial charge in [0.1, 0.15) is 0 Å². The number of rotatable bonds is 6. The average molecular weight is 405 g/mol. The molecule has 0 aliphatic carbocycles. The summed E-state index contributed by atoms with van der Waals surface area (Å²) in [6.07, 6.45) is 1.13. The molecule has 2 aromatic carbocycles. The SMILES string of the molecule is Cc1cccc(NC(=O)CN2CCN(C(=O)CCc3ccc(C#N)cc3)CC2)c1C. The molecule has 1 aliphatic rings. The van der Waals surface area contributed by atoms with Crippen molar-refractivity contribution < 1.29 is 9.59 Å². The largest absolute Gasteiger partial charge is 0.340 e. The third-order valence-electron chi connectivity index (χ3n) is 5.68. The number of carbonyl (C=O) groups excluding carboxylic acids is 2. The van der Waals surface area contributed by atoms with Gasteiger partial charge in [0, 0.05) is 38.3 Å². The van der Waals surface area contributed by atoms with Gasteiger partial charge in [-0.15, -0.1) is 0 Å². The quantitative estimate of drug-likeness (QED) is 0.803. The van der Waals surface area contributed by atoms with Crippen molar-refractivity contribution in [2.75, 3.05) is 38.0 Å². The molecule has 30 heavy (non-hydrogen) atoms. The van der Waals surface area contributed by atoms with Gasteiger partial charge in [-0.25, -0.2) is 0 Å². The smallest absolute Gasteiger partial charge is 0.238 e. The first-order valence-corrected chi connectivity index (χ1v) is 10.3. The van der Waals surface area contributed by atoms with Crippen molar-refractivity contribution in [3.05, 3.63) is 64.7 Å². The Hall–Kier alpha value is -3.17. The van der Waals surface area contributed by atoms with E-state index in [1.54, 1.807) is 12.1 Å². The first-order chi connectivity index (χ1) is 14.5. The second-order valence-corrected chi connectivity index (χ2v) is 7.76. The summed E-state index contributed by atoms with van der Waals surface area (Å²) < 4.78 is 0. The van der Waals surface area contributed by atoms with E-state index in [9.17, 15) is 9.59 Å². The van der Waals surface area contributed by atoms with E-state index in [4.69, 9.17) is 5.26 Å². The van der Waals surface area contributed by atoms with Crippen molar-refractivity contribution in [2.45, 2.75) is 26.7 Å². The van der Waals surface area contributed by atoms with E-state index in [0.29, 0.717) is 51.1 Å². The lowest BCUT2D eigenvalue weighted by molar-refractivity contribution is -0.133. The summed E-state index contributed by atoms with van der Waals surface area (Å²) in [5.41, 5.74) is 4.79. The van der Waals surface area contributed by atoms with Crippen LogP contribution in [0.4, 0.5) is 5.69 Å². The van der Waals surface area contributed by atoms with Gasteiger partial charge in [0.25, 0.3) is 0 Å². The maximum atomic E-state index is 12.5. The normalized spacial score (nSPS) is 14.2. The Bertz CT molecular complexity index is 939. The van der Waals surface area contributed by atoms with Crippen LogP contribution in [0.3, 0.4) is 0 Å². The highest BCUT2D eigenvalue weighted by Crippen LogP contribution is 2.18. The van der Waals surface area contributed by atoms with Crippen molar-refractivity contribution in [2.24, 2.45) is 0 Å². The van der Waals surface area contributed by atoms with Crippen molar-refractivity contribution in [1.82, 2.24) is 9.80 Å². The Labute approximate surface area is 178 Å². The van der Waals surface area contributed by atoms with Crippen LogP contribution >= 0.6 is 0 Å². The molecule has 0 bridgehead atoms. The molecule has 0 unspecified atom stereocenters. The number of piperazine rings is 1. The number of carbonyl (C=O) groups is 2. The number of benzene rings is 2. The lowest BCUT2D eigenvalue weighted by Crippen LogP contribution is -2.50. The molecular weight excluding hydrogens is 376 g/mol. The number of anilines is 1. The molecule has 156 valence electrons. The van der Waals surface area contributed by atoms with Crippen LogP contribution in [-0.2, 0) is 16.0 Å². The topological polar surface area (TPSA) is 76.4 Å². The fourth-order valence-corrected chi connectivity index (χ4v) is 3.59. The van der Waals surface area contributed by atoms with Crippen LogP contribution in [0.15, 0.2) is 42.5 Å². The summed E-state index contributed by atoms with van der Waals surface area (Å²) in [4.78, 5) is 28.9. The molecule has 1 saturated heterocycles. The molecule has 1 aliphatic heterocycles. The number of nitrogens with one attached hydrogen (secondary N) is 1. The third kappa shape index (κ3) is 5.68. The Morgan fingerprint density at radius 1 is 1.03 bits per heavy atom. The lowest BCUT2D eigenvalue weighted by Gasteiger charge is -2.34. The minimum absolute atomic E-state index is 0.0238. The molecule has 1 heterocycles. The zero-order valence-corrected chi connectivity index (χ0v) is 17.6. The van der Waals surface area contributed by atoms with E-state index in [2.05, 4.69) is 16.3 Å². The Morgan fingerprint density at radius 2 is 1.73 bits per heavy atom. The van der Waals surface area contributed by atoms with Gasteiger partial charge in [-0.05, 0) is 55.2 Å². The van der Waals surface area contributed by atoms with Gasteiger partial charge < -0.3 is 10.2 Å². The van der Waals surface area contributed by atoms with Crippen molar-refractivity contribution in [3.8, 4) is 6.07 Å². The maximum absolute atomic E-state index is 12.5. The van der Waals surface area contributed by atoms with Crippen molar-refractivity contribution in [1.29, 1.82) is 5.26 Å². The van der Waals surface area contributed by atoms with Gasteiger partial charge in [0.2, 0.25) is 11.8 Å². The molecule has 0 spiro atoms. The van der Waals surface area contributed by atoms with Gasteiger partial charge in [-0.2, -0.15) is 5.26 Å². The van der Waals surface area contributed by atoms with Crippen LogP contribution < -0.4 is 5.32 Å². The van der Waals surface area contributed by atoms with Gasteiger partial charge in [0.15, 0.2) is 0 Å². The summed E-state index contributed by atoms with van der Waals surface area (Å²) >= 11 is 0. The van der Waals surface area contributed by atoms with Crippen LogP contribution in [0, 0.1) is 25.2 Å². The standard InChI is InChI=1S/C24H28N4O2/c1-18-4-3-5-22(19(18)2)26-23(29)17-27-12-14-28(15-13-27)24(30)11-10-20-6-8-21(16-25)9-7-20/h3-9H,10-15,17H2,1-2H3,(H,26,29). The zero-order chi connectivity index (χ0) is 21.5. The van der Waals surface area contributed by atoms with Crippen LogP contribution in [0.25, 0.3) is 0 Å². The van der Waals surface area contributed by atoms with E-state index in [-0.39, 0.29) is 11.8 Å². The average Bonchev–Trinajstić information content (AvgIpc) is 2.76. The fraction of sp³-hybridized carbons (Fsp3) is 0.375. The van der Waals surface area contributed by atoms with Gasteiger partial charge >= 0.3 is 0 Å². The molecule has 3 rings (SSSR count). The monoisotopic (exact) mass is 404 g/mol. The second-order valence-electron chi connectivity index (χ2n) is 7.76. The number of amides is 2. The van der Waals surface area contributed by atoms with Crippen LogP contribution in [0.2, 0.25) is 0 Å². The van der Waals surface area contributed by atoms with E-state index in [1.165, 1.54) is 0 Å². The Balaban J connectivity index is 1.41. The highest BCUT2D eigenvalue weighted by atomic mass is 16.2. The van der Waals surface area contributed by atoms with E-state index in [1.807, 2.05) is 49.1 Å². The number of hydrogen-bond donors (Lipinski definition) is 1. The summed E-state index contributed by atoms with van der Waals surface area (Å²) in [5, 5.41) is 11.8. The molecule has 0 aromatic heterocycles. The minimum atomic E-state index is -0.0238. The zero-order valence-electron chi connectivity index (χ0n) is 17.6. The third-order valence-corrected chi connectivity index (χ3v) is 5.68. The predicted octanol–water partition coefficient (Wildman–Crippen LogP) is 2.89. The molecule has 2 amide bonds. The lowest BCUT2D eigenvalue weighted by atomic mass is 10.1. The Morgan fingerprint density at radius 3 is 2.40 bits per heavy atom. The molecule has 6 nitrogen and oxygen atoms in total. The number of nitrogens with zero attached hydrogens (tertiary/aromatic N) is 3. The fourth-order valence-electron chi connectivity index (χ4n) is 3.59. The summed E-state index contributed by atoms with van der Waals surface area (Å²) in [6.45, 7) is 7.05. The molecule has 2 aromatic rings. The number of aryl methyl sites for hydroxylation is 2. The van der Waals surface area contributed by atoms with Crippen LogP contribution in [0.5, 0.6) is 0 Å². The van der Waals surface area contributed by atoms with Crippen LogP contribution in [0.1, 0.15) is 28.7 Å². The molecule has 0 saturated carbocycles. The van der Waals surface area contributed by atoms with E-state index in [0.717, 1.165) is 22.4 Å². The maximum Gasteiger partial charge on any atom is 0.238 e. The van der Waals surface area contributed by atoms with Crippen molar-refractivity contribution >= 4 is 17.5 Å². The first-order valence-electron chi connectivity index (χ1n) is 10.3. The molecule has 0 atom stereocenters. The molecule has 1 fully saturated rings. The molecular formula is C24H28N4O2. The highest BCUT2D eigenvalue weighted by Gasteiger charge is 2.22.